The number of halogens is 1. The number of nitrogens with two attached hydrogens (primary N) is 1. The van der Waals surface area contributed by atoms with Crippen LogP contribution in [-0.2, 0) is 0 Å². The highest BCUT2D eigenvalue weighted by molar-refractivity contribution is 6.32. The molecule has 1 heterocycles. The Morgan fingerprint density at radius 1 is 1.29 bits per heavy atom. The zero-order chi connectivity index (χ0) is 12.6. The van der Waals surface area contributed by atoms with Crippen LogP contribution in [0.4, 0.5) is 0 Å². The van der Waals surface area contributed by atoms with Gasteiger partial charge in [-0.15, -0.1) is 0 Å². The van der Waals surface area contributed by atoms with Crippen LogP contribution in [0.15, 0.2) is 18.2 Å². The number of carbonyl (C=O) groups is 2. The first-order valence-electron chi connectivity index (χ1n) is 5.40. The Hall–Kier alpha value is -1.39. The summed E-state index contributed by atoms with van der Waals surface area (Å²) in [6.45, 7) is 2.69. The summed E-state index contributed by atoms with van der Waals surface area (Å²) in [6, 6.07) is 4.73. The van der Waals surface area contributed by atoms with Crippen molar-refractivity contribution in [3.8, 4) is 0 Å². The normalized spacial score (nSPS) is 16.3. The molecule has 0 aliphatic carbocycles. The van der Waals surface area contributed by atoms with Crippen molar-refractivity contribution in [1.82, 2.24) is 4.90 Å². The van der Waals surface area contributed by atoms with Crippen LogP contribution in [0.1, 0.15) is 27.6 Å². The van der Waals surface area contributed by atoms with Crippen LogP contribution in [0.25, 0.3) is 0 Å². The fourth-order valence-corrected chi connectivity index (χ4v) is 1.99. The second-order valence-corrected chi connectivity index (χ2v) is 4.69. The van der Waals surface area contributed by atoms with Crippen LogP contribution < -0.4 is 5.73 Å². The Morgan fingerprint density at radius 2 is 1.94 bits per heavy atom. The zero-order valence-electron chi connectivity index (χ0n) is 9.44. The minimum absolute atomic E-state index is 0.0904. The lowest BCUT2D eigenvalue weighted by molar-refractivity contribution is 0.0634. The molecule has 0 radical (unpaired) electrons. The molecule has 5 heteroatoms. The number of benzene rings is 1. The third-order valence-corrected chi connectivity index (χ3v) is 3.06. The molecule has 1 aliphatic rings. The summed E-state index contributed by atoms with van der Waals surface area (Å²) in [5.41, 5.74) is 6.30. The van der Waals surface area contributed by atoms with E-state index in [1.165, 1.54) is 11.0 Å². The van der Waals surface area contributed by atoms with Gasteiger partial charge in [0.25, 0.3) is 11.8 Å². The third-order valence-electron chi connectivity index (χ3n) is 2.83. The molecular formula is C12H13ClN2O2. The van der Waals surface area contributed by atoms with E-state index in [1.54, 1.807) is 12.1 Å². The molecule has 4 nitrogen and oxygen atoms in total. The Morgan fingerprint density at radius 3 is 2.59 bits per heavy atom. The minimum Gasteiger partial charge on any atom is -0.330 e. The van der Waals surface area contributed by atoms with Crippen molar-refractivity contribution < 1.29 is 9.59 Å². The Bertz CT molecular complexity index is 487. The molecule has 2 rings (SSSR count). The van der Waals surface area contributed by atoms with Crippen LogP contribution in [0.2, 0.25) is 5.02 Å². The summed E-state index contributed by atoms with van der Waals surface area (Å²) in [5.74, 6) is -0.456. The Labute approximate surface area is 104 Å². The van der Waals surface area contributed by atoms with E-state index in [0.717, 1.165) is 0 Å². The van der Waals surface area contributed by atoms with Crippen molar-refractivity contribution in [3.05, 3.63) is 34.3 Å². The molecule has 1 aliphatic heterocycles. The largest absolute Gasteiger partial charge is 0.330 e. The van der Waals surface area contributed by atoms with Crippen molar-refractivity contribution >= 4 is 23.4 Å². The number of nitrogens with zero attached hydrogens (tertiary/aromatic N) is 1. The van der Waals surface area contributed by atoms with Crippen molar-refractivity contribution in [2.45, 2.75) is 6.92 Å². The summed E-state index contributed by atoms with van der Waals surface area (Å²) < 4.78 is 0. The van der Waals surface area contributed by atoms with E-state index >= 15 is 0 Å². The highest BCUT2D eigenvalue weighted by atomic mass is 35.5. The van der Waals surface area contributed by atoms with E-state index in [4.69, 9.17) is 17.3 Å². The van der Waals surface area contributed by atoms with E-state index in [0.29, 0.717) is 29.2 Å². The maximum Gasteiger partial charge on any atom is 0.261 e. The average molecular weight is 253 g/mol. The van der Waals surface area contributed by atoms with Gasteiger partial charge in [0, 0.05) is 11.6 Å². The van der Waals surface area contributed by atoms with Crippen molar-refractivity contribution in [2.75, 3.05) is 13.1 Å². The van der Waals surface area contributed by atoms with Gasteiger partial charge in [0.2, 0.25) is 0 Å². The SMILES string of the molecule is CC(CN)CN1C(=O)c2ccc(Cl)cc2C1=O. The molecule has 0 saturated carbocycles. The van der Waals surface area contributed by atoms with Crippen LogP contribution in [-0.4, -0.2) is 29.8 Å². The Kier molecular flexibility index (Phi) is 3.17. The van der Waals surface area contributed by atoms with E-state index < -0.39 is 0 Å². The topological polar surface area (TPSA) is 63.4 Å². The maximum absolute atomic E-state index is 12.0. The number of carbonyl (C=O) groups excluding carboxylic acids is 2. The molecule has 2 N–H and O–H groups in total. The molecule has 0 bridgehead atoms. The zero-order valence-corrected chi connectivity index (χ0v) is 10.2. The van der Waals surface area contributed by atoms with Gasteiger partial charge in [-0.2, -0.15) is 0 Å². The highest BCUT2D eigenvalue weighted by Gasteiger charge is 2.35. The lowest BCUT2D eigenvalue weighted by Crippen LogP contribution is -2.35. The number of rotatable bonds is 3. The molecule has 2 amide bonds. The van der Waals surface area contributed by atoms with Crippen molar-refractivity contribution in [1.29, 1.82) is 0 Å². The van der Waals surface area contributed by atoms with Crippen LogP contribution in [0, 0.1) is 5.92 Å². The third kappa shape index (κ3) is 2.06. The minimum atomic E-state index is -0.284. The van der Waals surface area contributed by atoms with Crippen LogP contribution in [0.3, 0.4) is 0 Å². The van der Waals surface area contributed by atoms with Gasteiger partial charge >= 0.3 is 0 Å². The van der Waals surface area contributed by atoms with Gasteiger partial charge in [0.1, 0.15) is 0 Å². The summed E-state index contributed by atoms with van der Waals surface area (Å²) >= 11 is 5.82. The molecule has 17 heavy (non-hydrogen) atoms. The first-order chi connectivity index (χ1) is 8.04. The number of fused-ring (bicyclic) bond motifs is 1. The van der Waals surface area contributed by atoms with Gasteiger partial charge in [-0.05, 0) is 30.7 Å². The monoisotopic (exact) mass is 252 g/mol. The fourth-order valence-electron chi connectivity index (χ4n) is 1.81. The maximum atomic E-state index is 12.0. The predicted octanol–water partition coefficient (Wildman–Crippen LogP) is 1.53. The summed E-state index contributed by atoms with van der Waals surface area (Å²) in [7, 11) is 0. The van der Waals surface area contributed by atoms with E-state index in [2.05, 4.69) is 0 Å². The van der Waals surface area contributed by atoms with E-state index in [9.17, 15) is 9.59 Å². The van der Waals surface area contributed by atoms with Crippen molar-refractivity contribution in [2.24, 2.45) is 11.7 Å². The highest BCUT2D eigenvalue weighted by Crippen LogP contribution is 2.26. The fraction of sp³-hybridized carbons (Fsp3) is 0.333. The molecular weight excluding hydrogens is 240 g/mol. The molecule has 1 unspecified atom stereocenters. The second kappa shape index (κ2) is 4.47. The first kappa shape index (κ1) is 12.1. The molecule has 1 aromatic carbocycles. The summed E-state index contributed by atoms with van der Waals surface area (Å²) in [5, 5.41) is 0.457. The lowest BCUT2D eigenvalue weighted by atomic mass is 10.1. The van der Waals surface area contributed by atoms with E-state index in [1.807, 2.05) is 6.92 Å². The second-order valence-electron chi connectivity index (χ2n) is 4.25. The molecule has 1 atom stereocenters. The lowest BCUT2D eigenvalue weighted by Gasteiger charge is -2.17. The van der Waals surface area contributed by atoms with Gasteiger partial charge in [0.15, 0.2) is 0 Å². The molecule has 1 aromatic rings. The van der Waals surface area contributed by atoms with Crippen molar-refractivity contribution in [3.63, 3.8) is 0 Å². The summed E-state index contributed by atoms with van der Waals surface area (Å²) in [4.78, 5) is 25.2. The standard InChI is InChI=1S/C12H13ClN2O2/c1-7(5-14)6-15-11(16)9-3-2-8(13)4-10(9)12(15)17/h2-4,7H,5-6,14H2,1H3. The van der Waals surface area contributed by atoms with Gasteiger partial charge in [-0.3, -0.25) is 14.5 Å². The molecule has 0 fully saturated rings. The molecule has 0 aromatic heterocycles. The first-order valence-corrected chi connectivity index (χ1v) is 5.78. The molecule has 90 valence electrons. The van der Waals surface area contributed by atoms with Crippen LogP contribution >= 0.6 is 11.6 Å². The van der Waals surface area contributed by atoms with Gasteiger partial charge in [0.05, 0.1) is 11.1 Å². The predicted molar refractivity (Wildman–Crippen MR) is 65.0 cm³/mol. The number of imide groups is 1. The van der Waals surface area contributed by atoms with Gasteiger partial charge < -0.3 is 5.73 Å². The number of amides is 2. The molecule has 0 spiro atoms. The molecule has 0 saturated heterocycles. The van der Waals surface area contributed by atoms with Gasteiger partial charge in [-0.1, -0.05) is 18.5 Å². The van der Waals surface area contributed by atoms with Crippen LogP contribution in [0.5, 0.6) is 0 Å². The number of hydrogen-bond donors (Lipinski definition) is 1. The Balaban J connectivity index is 2.32. The number of hydrogen-bond acceptors (Lipinski definition) is 3. The summed E-state index contributed by atoms with van der Waals surface area (Å²) in [6.07, 6.45) is 0. The van der Waals surface area contributed by atoms with E-state index in [-0.39, 0.29) is 17.7 Å². The quantitative estimate of drug-likeness (QED) is 0.830. The smallest absolute Gasteiger partial charge is 0.261 e. The average Bonchev–Trinajstić information content (AvgIpc) is 2.54. The van der Waals surface area contributed by atoms with Gasteiger partial charge in [-0.25, -0.2) is 0 Å².